The number of amides is 1. The fourth-order valence-electron chi connectivity index (χ4n) is 1.43. The third kappa shape index (κ3) is 2.34. The van der Waals surface area contributed by atoms with Gasteiger partial charge in [-0.25, -0.2) is 0 Å². The van der Waals surface area contributed by atoms with Crippen LogP contribution in [0.3, 0.4) is 0 Å². The molecule has 0 saturated heterocycles. The van der Waals surface area contributed by atoms with Crippen molar-refractivity contribution < 1.29 is 9.90 Å². The highest BCUT2D eigenvalue weighted by Crippen LogP contribution is 2.13. The predicted molar refractivity (Wildman–Crippen MR) is 65.7 cm³/mol. The first-order valence-electron chi connectivity index (χ1n) is 5.21. The van der Waals surface area contributed by atoms with E-state index in [1.165, 1.54) is 11.8 Å². The average molecular weight is 267 g/mol. The van der Waals surface area contributed by atoms with Gasteiger partial charge in [0.25, 0.3) is 5.91 Å². The molecule has 0 fully saturated rings. The van der Waals surface area contributed by atoms with Crippen LogP contribution in [0.5, 0.6) is 0 Å². The van der Waals surface area contributed by atoms with Crippen molar-refractivity contribution in [1.29, 1.82) is 0 Å². The maximum atomic E-state index is 11.5. The maximum Gasteiger partial charge on any atom is 0.273 e. The molecule has 0 unspecified atom stereocenters. The van der Waals surface area contributed by atoms with Gasteiger partial charge in [0.2, 0.25) is 0 Å². The fourth-order valence-corrected chi connectivity index (χ4v) is 1.55. The molecule has 2 rings (SSSR count). The van der Waals surface area contributed by atoms with Gasteiger partial charge in [-0.1, -0.05) is 11.6 Å². The van der Waals surface area contributed by atoms with Crippen molar-refractivity contribution in [3.05, 3.63) is 40.7 Å². The van der Waals surface area contributed by atoms with Crippen LogP contribution in [-0.2, 0) is 6.61 Å². The minimum absolute atomic E-state index is 0.106. The lowest BCUT2D eigenvalue weighted by Crippen LogP contribution is -2.20. The smallest absolute Gasteiger partial charge is 0.273 e. The van der Waals surface area contributed by atoms with Crippen LogP contribution in [-0.4, -0.2) is 33.1 Å². The topological polar surface area (TPSA) is 80.0 Å². The Bertz CT molecular complexity index is 565. The molecule has 0 bridgehead atoms. The number of aliphatic hydroxyl groups excluding tert-OH is 1. The molecule has 0 aliphatic rings. The molecule has 2 aromatic rings. The molecular weight excluding hydrogens is 256 g/mol. The number of aromatic nitrogens is 3. The number of rotatable bonds is 3. The lowest BCUT2D eigenvalue weighted by molar-refractivity contribution is 0.0954. The third-order valence-corrected chi connectivity index (χ3v) is 2.58. The van der Waals surface area contributed by atoms with E-state index in [0.717, 1.165) is 0 Å². The summed E-state index contributed by atoms with van der Waals surface area (Å²) in [4.78, 5) is 12.8. The Balaban J connectivity index is 2.43. The van der Waals surface area contributed by atoms with Crippen molar-refractivity contribution in [2.45, 2.75) is 6.61 Å². The minimum atomic E-state index is -0.390. The Morgan fingerprint density at radius 1 is 1.39 bits per heavy atom. The van der Waals surface area contributed by atoms with Crippen molar-refractivity contribution in [2.24, 2.45) is 0 Å². The van der Waals surface area contributed by atoms with Crippen molar-refractivity contribution in [3.8, 4) is 5.69 Å². The second kappa shape index (κ2) is 5.16. The number of hydrogen-bond donors (Lipinski definition) is 2. The van der Waals surface area contributed by atoms with E-state index < -0.39 is 0 Å². The number of nitrogens with zero attached hydrogens (tertiary/aromatic N) is 3. The summed E-state index contributed by atoms with van der Waals surface area (Å²) in [5.41, 5.74) is 0.989. The first-order valence-corrected chi connectivity index (χ1v) is 5.58. The SMILES string of the molecule is CNC(=O)c1nn(-c2ccc(Cl)cc2)nc1CO. The summed E-state index contributed by atoms with van der Waals surface area (Å²) in [5, 5.41) is 20.3. The molecule has 0 atom stereocenters. The van der Waals surface area contributed by atoms with Gasteiger partial charge < -0.3 is 10.4 Å². The largest absolute Gasteiger partial charge is 0.390 e. The van der Waals surface area contributed by atoms with Gasteiger partial charge >= 0.3 is 0 Å². The van der Waals surface area contributed by atoms with Crippen LogP contribution in [0.2, 0.25) is 5.02 Å². The Morgan fingerprint density at radius 3 is 2.61 bits per heavy atom. The van der Waals surface area contributed by atoms with Crippen molar-refractivity contribution in [2.75, 3.05) is 7.05 Å². The van der Waals surface area contributed by atoms with Crippen molar-refractivity contribution in [1.82, 2.24) is 20.3 Å². The van der Waals surface area contributed by atoms with E-state index >= 15 is 0 Å². The van der Waals surface area contributed by atoms with Gasteiger partial charge in [0.15, 0.2) is 5.69 Å². The van der Waals surface area contributed by atoms with Crippen LogP contribution >= 0.6 is 11.6 Å². The Labute approximate surface area is 108 Å². The molecule has 7 heteroatoms. The molecule has 1 heterocycles. The molecular formula is C11H11ClN4O2. The van der Waals surface area contributed by atoms with Crippen molar-refractivity contribution in [3.63, 3.8) is 0 Å². The summed E-state index contributed by atoms with van der Waals surface area (Å²) in [6.07, 6.45) is 0. The van der Waals surface area contributed by atoms with Gasteiger partial charge in [-0.2, -0.15) is 4.80 Å². The standard InChI is InChI=1S/C11H11ClN4O2/c1-13-11(18)10-9(6-17)14-16(15-10)8-4-2-7(12)3-5-8/h2-5,17H,6H2,1H3,(H,13,18). The van der Waals surface area contributed by atoms with Crippen LogP contribution in [0, 0.1) is 0 Å². The zero-order chi connectivity index (χ0) is 13.1. The Kier molecular flexibility index (Phi) is 3.59. The molecule has 0 aliphatic heterocycles. The molecule has 0 saturated carbocycles. The molecule has 18 heavy (non-hydrogen) atoms. The summed E-state index contributed by atoms with van der Waals surface area (Å²) in [5.74, 6) is -0.390. The van der Waals surface area contributed by atoms with Gasteiger partial charge in [-0.05, 0) is 24.3 Å². The van der Waals surface area contributed by atoms with E-state index in [2.05, 4.69) is 15.5 Å². The van der Waals surface area contributed by atoms with E-state index in [0.29, 0.717) is 10.7 Å². The van der Waals surface area contributed by atoms with Crippen molar-refractivity contribution >= 4 is 17.5 Å². The molecule has 6 nitrogen and oxygen atoms in total. The Hall–Kier alpha value is -1.92. The highest BCUT2D eigenvalue weighted by atomic mass is 35.5. The number of nitrogens with one attached hydrogen (secondary N) is 1. The number of halogens is 1. The molecule has 1 amide bonds. The van der Waals surface area contributed by atoms with Crippen LogP contribution in [0.15, 0.2) is 24.3 Å². The molecule has 1 aromatic heterocycles. The highest BCUT2D eigenvalue weighted by Gasteiger charge is 2.17. The summed E-state index contributed by atoms with van der Waals surface area (Å²) in [6.45, 7) is -0.351. The van der Waals surface area contributed by atoms with Crippen LogP contribution in [0.4, 0.5) is 0 Å². The second-order valence-electron chi connectivity index (χ2n) is 3.50. The predicted octanol–water partition coefficient (Wildman–Crippen LogP) is 0.773. The molecule has 2 N–H and O–H groups in total. The first-order chi connectivity index (χ1) is 8.65. The summed E-state index contributed by atoms with van der Waals surface area (Å²) in [6, 6.07) is 6.82. The first kappa shape index (κ1) is 12.5. The summed E-state index contributed by atoms with van der Waals surface area (Å²) < 4.78 is 0. The molecule has 0 spiro atoms. The quantitative estimate of drug-likeness (QED) is 0.860. The Morgan fingerprint density at radius 2 is 2.06 bits per heavy atom. The van der Waals surface area contributed by atoms with E-state index in [1.807, 2.05) is 0 Å². The number of aliphatic hydroxyl groups is 1. The molecule has 94 valence electrons. The van der Waals surface area contributed by atoms with Crippen LogP contribution < -0.4 is 5.32 Å². The normalized spacial score (nSPS) is 10.4. The van der Waals surface area contributed by atoms with Gasteiger partial charge in [-0.3, -0.25) is 4.79 Å². The molecule has 0 radical (unpaired) electrons. The van der Waals surface area contributed by atoms with Gasteiger partial charge in [-0.15, -0.1) is 10.2 Å². The lowest BCUT2D eigenvalue weighted by atomic mass is 10.3. The van der Waals surface area contributed by atoms with Crippen LogP contribution in [0.1, 0.15) is 16.2 Å². The van der Waals surface area contributed by atoms with Crippen LogP contribution in [0.25, 0.3) is 5.69 Å². The van der Waals surface area contributed by atoms with Gasteiger partial charge in [0.05, 0.1) is 12.3 Å². The number of carbonyl (C=O) groups is 1. The third-order valence-electron chi connectivity index (χ3n) is 2.33. The number of hydrogen-bond acceptors (Lipinski definition) is 4. The number of benzene rings is 1. The van der Waals surface area contributed by atoms with Gasteiger partial charge in [0, 0.05) is 12.1 Å². The molecule has 1 aromatic carbocycles. The van der Waals surface area contributed by atoms with E-state index in [4.69, 9.17) is 16.7 Å². The summed E-state index contributed by atoms with van der Waals surface area (Å²) in [7, 11) is 1.49. The second-order valence-corrected chi connectivity index (χ2v) is 3.93. The monoisotopic (exact) mass is 266 g/mol. The van der Waals surface area contributed by atoms with E-state index in [9.17, 15) is 4.79 Å². The lowest BCUT2D eigenvalue weighted by Gasteiger charge is -1.98. The zero-order valence-electron chi connectivity index (χ0n) is 9.59. The average Bonchev–Trinajstić information content (AvgIpc) is 2.82. The molecule has 0 aliphatic carbocycles. The minimum Gasteiger partial charge on any atom is -0.390 e. The maximum absolute atomic E-state index is 11.5. The van der Waals surface area contributed by atoms with E-state index in [-0.39, 0.29) is 23.9 Å². The number of carbonyl (C=O) groups excluding carboxylic acids is 1. The fraction of sp³-hybridized carbons (Fsp3) is 0.182. The van der Waals surface area contributed by atoms with E-state index in [1.54, 1.807) is 24.3 Å². The highest BCUT2D eigenvalue weighted by molar-refractivity contribution is 6.30. The zero-order valence-corrected chi connectivity index (χ0v) is 10.3. The summed E-state index contributed by atoms with van der Waals surface area (Å²) >= 11 is 5.78. The van der Waals surface area contributed by atoms with Gasteiger partial charge in [0.1, 0.15) is 5.69 Å².